The van der Waals surface area contributed by atoms with E-state index in [1.165, 1.54) is 13.0 Å². The van der Waals surface area contributed by atoms with Gasteiger partial charge in [-0.05, 0) is 38.8 Å². The van der Waals surface area contributed by atoms with Crippen LogP contribution < -0.4 is 5.76 Å². The van der Waals surface area contributed by atoms with Gasteiger partial charge in [0.1, 0.15) is 0 Å². The Morgan fingerprint density at radius 2 is 1.60 bits per heavy atom. The van der Waals surface area contributed by atoms with E-state index in [4.69, 9.17) is 4.42 Å². The molecule has 1 saturated heterocycles. The van der Waals surface area contributed by atoms with E-state index < -0.39 is 24.0 Å². The van der Waals surface area contributed by atoms with Gasteiger partial charge in [0, 0.05) is 13.1 Å². The van der Waals surface area contributed by atoms with E-state index in [0.29, 0.717) is 4.57 Å². The van der Waals surface area contributed by atoms with E-state index in [2.05, 4.69) is 0 Å². The lowest BCUT2D eigenvalue weighted by molar-refractivity contribution is -0.134. The molecule has 3 rings (SSSR count). The maximum Gasteiger partial charge on any atom is 0.426 e. The standard InChI is InChI=1S/C10H8FNO3.C7H12FNO/c1-6(11)9(13)12-7-4-2-3-5-8(7)15-10(12)14;1-6(8)7(10)9-4-2-3-5-9/h2-6H,1H3;6H,2-5H2,1H3. The third-order valence-electron chi connectivity index (χ3n) is 3.80. The number of hydrogen-bond acceptors (Lipinski definition) is 4. The second-order valence-corrected chi connectivity index (χ2v) is 5.77. The summed E-state index contributed by atoms with van der Waals surface area (Å²) in [5, 5.41) is 0. The van der Waals surface area contributed by atoms with Gasteiger partial charge in [0.05, 0.1) is 5.52 Å². The number of alkyl halides is 2. The number of para-hydroxylation sites is 2. The molecule has 25 heavy (non-hydrogen) atoms. The normalized spacial score (nSPS) is 16.2. The Morgan fingerprint density at radius 1 is 1.04 bits per heavy atom. The minimum Gasteiger partial charge on any atom is -0.407 e. The molecule has 2 aromatic rings. The second-order valence-electron chi connectivity index (χ2n) is 5.77. The van der Waals surface area contributed by atoms with Crippen molar-refractivity contribution >= 4 is 22.9 Å². The van der Waals surface area contributed by atoms with E-state index in [0.717, 1.165) is 32.9 Å². The number of hydrogen-bond donors (Lipinski definition) is 0. The van der Waals surface area contributed by atoms with Crippen molar-refractivity contribution in [2.24, 2.45) is 0 Å². The van der Waals surface area contributed by atoms with Gasteiger partial charge in [-0.2, -0.15) is 0 Å². The molecule has 2 unspecified atom stereocenters. The fourth-order valence-corrected chi connectivity index (χ4v) is 2.54. The first-order valence-electron chi connectivity index (χ1n) is 8.04. The Morgan fingerprint density at radius 3 is 2.16 bits per heavy atom. The molecular weight excluding hydrogens is 334 g/mol. The Balaban J connectivity index is 0.000000196. The Bertz CT molecular complexity index is 804. The molecule has 2 atom stereocenters. The van der Waals surface area contributed by atoms with Crippen LogP contribution in [0.25, 0.3) is 11.1 Å². The summed E-state index contributed by atoms with van der Waals surface area (Å²) in [5.74, 6) is -2.12. The van der Waals surface area contributed by atoms with Gasteiger partial charge in [-0.15, -0.1) is 0 Å². The van der Waals surface area contributed by atoms with Crippen molar-refractivity contribution in [3.63, 3.8) is 0 Å². The third kappa shape index (κ3) is 4.32. The van der Waals surface area contributed by atoms with Crippen molar-refractivity contribution in [3.8, 4) is 0 Å². The van der Waals surface area contributed by atoms with Crippen LogP contribution in [0.4, 0.5) is 8.78 Å². The maximum atomic E-state index is 12.8. The largest absolute Gasteiger partial charge is 0.426 e. The van der Waals surface area contributed by atoms with Crippen LogP contribution in [0.1, 0.15) is 31.5 Å². The fourth-order valence-electron chi connectivity index (χ4n) is 2.54. The molecule has 0 bridgehead atoms. The molecule has 0 radical (unpaired) electrons. The molecule has 1 aromatic heterocycles. The van der Waals surface area contributed by atoms with Crippen molar-refractivity contribution in [1.82, 2.24) is 9.47 Å². The van der Waals surface area contributed by atoms with Gasteiger partial charge in [0.25, 0.3) is 11.8 Å². The van der Waals surface area contributed by atoms with Crippen LogP contribution in [-0.2, 0) is 4.79 Å². The highest BCUT2D eigenvalue weighted by Gasteiger charge is 2.22. The summed E-state index contributed by atoms with van der Waals surface area (Å²) < 4.78 is 30.7. The lowest BCUT2D eigenvalue weighted by atomic mass is 10.3. The van der Waals surface area contributed by atoms with Gasteiger partial charge in [-0.3, -0.25) is 9.59 Å². The zero-order valence-electron chi connectivity index (χ0n) is 14.1. The molecule has 1 amide bonds. The van der Waals surface area contributed by atoms with E-state index >= 15 is 0 Å². The van der Waals surface area contributed by atoms with Gasteiger partial charge >= 0.3 is 5.76 Å². The molecule has 2 heterocycles. The summed E-state index contributed by atoms with van der Waals surface area (Å²) in [7, 11) is 0. The number of carbonyl (C=O) groups excluding carboxylic acids is 2. The van der Waals surface area contributed by atoms with Crippen molar-refractivity contribution in [2.75, 3.05) is 13.1 Å². The van der Waals surface area contributed by atoms with E-state index in [-0.39, 0.29) is 17.0 Å². The number of nitrogens with zero attached hydrogens (tertiary/aromatic N) is 2. The average molecular weight is 354 g/mol. The average Bonchev–Trinajstić information content (AvgIpc) is 3.20. The van der Waals surface area contributed by atoms with Crippen LogP contribution in [0.3, 0.4) is 0 Å². The predicted molar refractivity (Wildman–Crippen MR) is 88.1 cm³/mol. The summed E-state index contributed by atoms with van der Waals surface area (Å²) in [6.45, 7) is 3.86. The summed E-state index contributed by atoms with van der Waals surface area (Å²) in [6, 6.07) is 6.38. The molecule has 1 aliphatic heterocycles. The first-order chi connectivity index (χ1) is 11.8. The maximum absolute atomic E-state index is 12.8. The van der Waals surface area contributed by atoms with Crippen LogP contribution in [-0.4, -0.2) is 46.7 Å². The van der Waals surface area contributed by atoms with E-state index in [9.17, 15) is 23.2 Å². The molecule has 6 nitrogen and oxygen atoms in total. The fraction of sp³-hybridized carbons (Fsp3) is 0.471. The van der Waals surface area contributed by atoms with Gasteiger partial charge in [0.2, 0.25) is 0 Å². The molecule has 1 aliphatic rings. The van der Waals surface area contributed by atoms with Gasteiger partial charge < -0.3 is 9.32 Å². The number of fused-ring (bicyclic) bond motifs is 1. The van der Waals surface area contributed by atoms with Crippen LogP contribution >= 0.6 is 0 Å². The smallest absolute Gasteiger partial charge is 0.407 e. The molecule has 0 N–H and O–H groups in total. The number of halogens is 2. The van der Waals surface area contributed by atoms with Crippen LogP contribution in [0.2, 0.25) is 0 Å². The number of rotatable bonds is 2. The minimum atomic E-state index is -1.73. The number of benzene rings is 1. The third-order valence-corrected chi connectivity index (χ3v) is 3.80. The number of oxazole rings is 1. The molecule has 1 aromatic carbocycles. The molecule has 136 valence electrons. The zero-order valence-corrected chi connectivity index (χ0v) is 14.1. The van der Waals surface area contributed by atoms with E-state index in [1.54, 1.807) is 23.1 Å². The highest BCUT2D eigenvalue weighted by molar-refractivity contribution is 5.91. The SMILES string of the molecule is CC(F)C(=O)N1CCCC1.CC(F)C(=O)n1c(=O)oc2ccccc21. The summed E-state index contributed by atoms with van der Waals surface area (Å²) >= 11 is 0. The Hall–Kier alpha value is -2.51. The minimum absolute atomic E-state index is 0.275. The number of likely N-dealkylation sites (tertiary alicyclic amines) is 1. The number of carbonyl (C=O) groups is 2. The van der Waals surface area contributed by atoms with E-state index in [1.807, 2.05) is 0 Å². The quantitative estimate of drug-likeness (QED) is 0.831. The van der Waals surface area contributed by atoms with Crippen LogP contribution in [0, 0.1) is 0 Å². The first kappa shape index (κ1) is 18.8. The monoisotopic (exact) mass is 354 g/mol. The predicted octanol–water partition coefficient (Wildman–Crippen LogP) is 2.56. The molecule has 0 saturated carbocycles. The van der Waals surface area contributed by atoms with Crippen LogP contribution in [0.15, 0.2) is 33.5 Å². The van der Waals surface area contributed by atoms with Gasteiger partial charge in [0.15, 0.2) is 17.9 Å². The number of aromatic nitrogens is 1. The Labute approximate surface area is 143 Å². The highest BCUT2D eigenvalue weighted by Crippen LogP contribution is 2.12. The van der Waals surface area contributed by atoms with Crippen molar-refractivity contribution in [2.45, 2.75) is 39.0 Å². The Kier molecular flexibility index (Phi) is 6.06. The lowest BCUT2D eigenvalue weighted by Crippen LogP contribution is -2.33. The highest BCUT2D eigenvalue weighted by atomic mass is 19.1. The molecule has 0 aliphatic carbocycles. The first-order valence-corrected chi connectivity index (χ1v) is 8.04. The van der Waals surface area contributed by atoms with Crippen molar-refractivity contribution < 1.29 is 22.8 Å². The summed E-state index contributed by atoms with van der Waals surface area (Å²) in [5.41, 5.74) is 0.563. The zero-order chi connectivity index (χ0) is 18.6. The second kappa shape index (κ2) is 8.04. The topological polar surface area (TPSA) is 72.5 Å². The molecule has 0 spiro atoms. The lowest BCUT2D eigenvalue weighted by Gasteiger charge is -2.15. The molecule has 1 fully saturated rings. The van der Waals surface area contributed by atoms with Crippen molar-refractivity contribution in [3.05, 3.63) is 34.8 Å². The van der Waals surface area contributed by atoms with Gasteiger partial charge in [-0.25, -0.2) is 18.1 Å². The summed E-state index contributed by atoms with van der Waals surface area (Å²) in [6.07, 6.45) is -1.00. The van der Waals surface area contributed by atoms with Crippen molar-refractivity contribution in [1.29, 1.82) is 0 Å². The number of amides is 1. The van der Waals surface area contributed by atoms with Gasteiger partial charge in [-0.1, -0.05) is 12.1 Å². The molecule has 8 heteroatoms. The van der Waals surface area contributed by atoms with Crippen LogP contribution in [0.5, 0.6) is 0 Å². The summed E-state index contributed by atoms with van der Waals surface area (Å²) in [4.78, 5) is 35.1. The molecular formula is C17H20F2N2O4.